The van der Waals surface area contributed by atoms with Gasteiger partial charge in [-0.3, -0.25) is 14.2 Å². The number of aryl methyl sites for hydroxylation is 1. The number of fused-ring (bicyclic) bond motifs is 2. The highest BCUT2D eigenvalue weighted by Gasteiger charge is 2.15. The van der Waals surface area contributed by atoms with Crippen molar-refractivity contribution < 1.29 is 0 Å². The van der Waals surface area contributed by atoms with Gasteiger partial charge < -0.3 is 0 Å². The fourth-order valence-corrected chi connectivity index (χ4v) is 3.77. The molecule has 0 unspecified atom stereocenters. The molecule has 0 aliphatic heterocycles. The lowest BCUT2D eigenvalue weighted by molar-refractivity contribution is 0.494. The molecule has 3 rings (SSSR count). The van der Waals surface area contributed by atoms with Crippen LogP contribution in [-0.2, 0) is 13.0 Å². The molecule has 0 saturated heterocycles. The highest BCUT2D eigenvalue weighted by molar-refractivity contribution is 7.24. The Morgan fingerprint density at radius 3 is 2.65 bits per heavy atom. The summed E-state index contributed by atoms with van der Waals surface area (Å²) in [4.78, 5) is 30.8. The Kier molecular flexibility index (Phi) is 4.31. The van der Waals surface area contributed by atoms with Crippen LogP contribution in [0.5, 0.6) is 0 Å². The van der Waals surface area contributed by atoms with E-state index < -0.39 is 0 Å². The molecule has 0 atom stereocenters. The zero-order valence-electron chi connectivity index (χ0n) is 13.6. The number of benzene rings is 1. The molecule has 2 aromatic heterocycles. The lowest BCUT2D eigenvalue weighted by Gasteiger charge is -2.13. The van der Waals surface area contributed by atoms with Gasteiger partial charge in [0.1, 0.15) is 16.0 Å². The standard InChI is InChI=1S/C18H20N2O2S/c1-4-14-19-17-15(18(22)20(14)10-9-11(2)3)16(21)12-7-5-6-8-13(12)23-17/h5-8,11H,4,9-10H2,1-3H3. The first-order valence-electron chi connectivity index (χ1n) is 7.98. The molecular weight excluding hydrogens is 308 g/mol. The van der Waals surface area contributed by atoms with Crippen LogP contribution in [0.25, 0.3) is 20.3 Å². The van der Waals surface area contributed by atoms with Gasteiger partial charge in [-0.15, -0.1) is 11.3 Å². The lowest BCUT2D eigenvalue weighted by Crippen LogP contribution is -2.29. The minimum absolute atomic E-state index is 0.195. The second kappa shape index (κ2) is 6.24. The summed E-state index contributed by atoms with van der Waals surface area (Å²) in [6, 6.07) is 7.40. The Hall–Kier alpha value is -2.01. The van der Waals surface area contributed by atoms with Crippen LogP contribution in [0.3, 0.4) is 0 Å². The van der Waals surface area contributed by atoms with Gasteiger partial charge in [-0.1, -0.05) is 32.9 Å². The van der Waals surface area contributed by atoms with Gasteiger partial charge in [0.05, 0.1) is 0 Å². The van der Waals surface area contributed by atoms with Gasteiger partial charge in [-0.25, -0.2) is 4.98 Å². The number of hydrogen-bond acceptors (Lipinski definition) is 4. The van der Waals surface area contributed by atoms with Crippen molar-refractivity contribution >= 4 is 31.6 Å². The summed E-state index contributed by atoms with van der Waals surface area (Å²) in [6.45, 7) is 6.85. The van der Waals surface area contributed by atoms with Gasteiger partial charge in [0, 0.05) is 23.1 Å². The third-order valence-corrected chi connectivity index (χ3v) is 5.09. The molecule has 0 amide bonds. The summed E-state index contributed by atoms with van der Waals surface area (Å²) in [6.07, 6.45) is 1.57. The third kappa shape index (κ3) is 2.81. The van der Waals surface area contributed by atoms with Crippen molar-refractivity contribution in [1.29, 1.82) is 0 Å². The fraction of sp³-hybridized carbons (Fsp3) is 0.389. The highest BCUT2D eigenvalue weighted by Crippen LogP contribution is 2.21. The molecule has 2 heterocycles. The highest BCUT2D eigenvalue weighted by atomic mass is 32.1. The monoisotopic (exact) mass is 328 g/mol. The lowest BCUT2D eigenvalue weighted by atomic mass is 10.1. The average molecular weight is 328 g/mol. The van der Waals surface area contributed by atoms with Crippen LogP contribution < -0.4 is 11.0 Å². The van der Waals surface area contributed by atoms with Crippen LogP contribution in [0.2, 0.25) is 0 Å². The Morgan fingerprint density at radius 2 is 1.96 bits per heavy atom. The first kappa shape index (κ1) is 15.9. The molecule has 5 heteroatoms. The van der Waals surface area contributed by atoms with E-state index in [1.165, 1.54) is 11.3 Å². The number of rotatable bonds is 4. The van der Waals surface area contributed by atoms with E-state index >= 15 is 0 Å². The summed E-state index contributed by atoms with van der Waals surface area (Å²) in [7, 11) is 0. The summed E-state index contributed by atoms with van der Waals surface area (Å²) in [5, 5.41) is 0.832. The molecule has 0 N–H and O–H groups in total. The van der Waals surface area contributed by atoms with Crippen LogP contribution >= 0.6 is 11.3 Å². The molecule has 0 radical (unpaired) electrons. The molecule has 3 aromatic rings. The fourth-order valence-electron chi connectivity index (χ4n) is 2.72. The SMILES string of the molecule is CCc1nc2sc3ccccc3c(=O)c2c(=O)n1CCC(C)C. The molecule has 0 aliphatic carbocycles. The molecule has 0 aliphatic rings. The van der Waals surface area contributed by atoms with Crippen LogP contribution in [0, 0.1) is 5.92 Å². The minimum Gasteiger partial charge on any atom is -0.296 e. The molecular formula is C18H20N2O2S. The molecule has 23 heavy (non-hydrogen) atoms. The first-order chi connectivity index (χ1) is 11.0. The predicted octanol–water partition coefficient (Wildman–Crippen LogP) is 3.58. The zero-order chi connectivity index (χ0) is 16.6. The molecule has 0 spiro atoms. The normalized spacial score (nSPS) is 11.7. The van der Waals surface area contributed by atoms with Crippen molar-refractivity contribution in [2.45, 2.75) is 40.2 Å². The Labute approximate surface area is 138 Å². The predicted molar refractivity (Wildman–Crippen MR) is 96.5 cm³/mol. The first-order valence-corrected chi connectivity index (χ1v) is 8.79. The Balaban J connectivity index is 2.36. The van der Waals surface area contributed by atoms with Crippen molar-refractivity contribution in [1.82, 2.24) is 9.55 Å². The van der Waals surface area contributed by atoms with E-state index in [1.54, 1.807) is 10.6 Å². The van der Waals surface area contributed by atoms with E-state index in [-0.39, 0.29) is 16.4 Å². The summed E-state index contributed by atoms with van der Waals surface area (Å²) in [5.41, 5.74) is -0.396. The minimum atomic E-state index is -0.201. The van der Waals surface area contributed by atoms with Crippen molar-refractivity contribution in [3.63, 3.8) is 0 Å². The van der Waals surface area contributed by atoms with Gasteiger partial charge in [0.15, 0.2) is 0 Å². The Morgan fingerprint density at radius 1 is 1.22 bits per heavy atom. The van der Waals surface area contributed by atoms with Crippen LogP contribution in [0.1, 0.15) is 33.0 Å². The largest absolute Gasteiger partial charge is 0.296 e. The van der Waals surface area contributed by atoms with Gasteiger partial charge in [-0.05, 0) is 24.5 Å². The van der Waals surface area contributed by atoms with Gasteiger partial charge in [-0.2, -0.15) is 0 Å². The molecule has 1 aromatic carbocycles. The topological polar surface area (TPSA) is 52.0 Å². The second-order valence-electron chi connectivity index (χ2n) is 6.13. The van der Waals surface area contributed by atoms with Gasteiger partial charge in [0.25, 0.3) is 5.56 Å². The van der Waals surface area contributed by atoms with Crippen molar-refractivity contribution in [2.24, 2.45) is 5.92 Å². The summed E-state index contributed by atoms with van der Waals surface area (Å²) in [5.74, 6) is 1.25. The van der Waals surface area contributed by atoms with Crippen LogP contribution in [-0.4, -0.2) is 9.55 Å². The van der Waals surface area contributed by atoms with E-state index in [0.717, 1.165) is 16.9 Å². The van der Waals surface area contributed by atoms with Crippen molar-refractivity contribution in [3.8, 4) is 0 Å². The summed E-state index contributed by atoms with van der Waals surface area (Å²) < 4.78 is 2.56. The van der Waals surface area contributed by atoms with Crippen LogP contribution in [0.15, 0.2) is 33.9 Å². The van der Waals surface area contributed by atoms with E-state index in [9.17, 15) is 9.59 Å². The molecule has 0 saturated carbocycles. The number of aromatic nitrogens is 2. The van der Waals surface area contributed by atoms with Crippen molar-refractivity contribution in [2.75, 3.05) is 0 Å². The molecule has 0 bridgehead atoms. The van der Waals surface area contributed by atoms with Gasteiger partial charge in [0.2, 0.25) is 5.43 Å². The number of nitrogens with zero attached hydrogens (tertiary/aromatic N) is 2. The van der Waals surface area contributed by atoms with Crippen LogP contribution in [0.4, 0.5) is 0 Å². The average Bonchev–Trinajstić information content (AvgIpc) is 2.53. The van der Waals surface area contributed by atoms with Crippen molar-refractivity contribution in [3.05, 3.63) is 50.7 Å². The number of hydrogen-bond donors (Lipinski definition) is 0. The maximum Gasteiger partial charge on any atom is 0.266 e. The van der Waals surface area contributed by atoms with E-state index in [2.05, 4.69) is 18.8 Å². The zero-order valence-corrected chi connectivity index (χ0v) is 14.4. The second-order valence-corrected chi connectivity index (χ2v) is 7.16. The van der Waals surface area contributed by atoms with E-state index in [1.807, 2.05) is 25.1 Å². The van der Waals surface area contributed by atoms with E-state index in [0.29, 0.717) is 29.1 Å². The van der Waals surface area contributed by atoms with Gasteiger partial charge >= 0.3 is 0 Å². The quantitative estimate of drug-likeness (QED) is 0.688. The molecule has 0 fully saturated rings. The summed E-state index contributed by atoms with van der Waals surface area (Å²) >= 11 is 1.42. The maximum absolute atomic E-state index is 12.9. The smallest absolute Gasteiger partial charge is 0.266 e. The molecule has 120 valence electrons. The van der Waals surface area contributed by atoms with E-state index in [4.69, 9.17) is 0 Å². The maximum atomic E-state index is 12.9. The Bertz CT molecular complexity index is 986. The third-order valence-electron chi connectivity index (χ3n) is 4.03. The molecule has 4 nitrogen and oxygen atoms in total.